The van der Waals surface area contributed by atoms with E-state index >= 15 is 0 Å². The molecular formula is C18H13F3N4O2. The number of alkyl halides is 3. The Bertz CT molecular complexity index is 1050. The molecule has 1 N–H and O–H groups in total. The van der Waals surface area contributed by atoms with E-state index in [0.29, 0.717) is 5.69 Å². The predicted octanol–water partition coefficient (Wildman–Crippen LogP) is 3.21. The quantitative estimate of drug-likeness (QED) is 0.764. The van der Waals surface area contributed by atoms with E-state index in [-0.39, 0.29) is 11.4 Å². The van der Waals surface area contributed by atoms with Crippen LogP contribution in [0.15, 0.2) is 59.7 Å². The van der Waals surface area contributed by atoms with Gasteiger partial charge in [0.1, 0.15) is 0 Å². The number of carbonyl (C=O) groups is 1. The van der Waals surface area contributed by atoms with Crippen molar-refractivity contribution in [1.82, 2.24) is 14.8 Å². The summed E-state index contributed by atoms with van der Waals surface area (Å²) >= 11 is 0. The summed E-state index contributed by atoms with van der Waals surface area (Å²) < 4.78 is 40.0. The average molecular weight is 374 g/mol. The third kappa shape index (κ3) is 4.02. The molecule has 0 saturated carbocycles. The standard InChI is InChI=1S/C18H13F3N4O2/c1-11-8-15(26)16(17(27)23-13-5-3-7-22-10-13)24-25(11)14-6-2-4-12(9-14)18(19,20)21/h2-10H,1H3,(H,23,27). The normalized spacial score (nSPS) is 11.3. The van der Waals surface area contributed by atoms with Gasteiger partial charge >= 0.3 is 6.18 Å². The molecule has 1 amide bonds. The first-order chi connectivity index (χ1) is 12.8. The molecule has 0 spiro atoms. The Labute approximate surface area is 151 Å². The maximum atomic E-state index is 12.9. The van der Waals surface area contributed by atoms with E-state index in [2.05, 4.69) is 15.4 Å². The maximum absolute atomic E-state index is 12.9. The highest BCUT2D eigenvalue weighted by Crippen LogP contribution is 2.30. The van der Waals surface area contributed by atoms with Crippen LogP contribution in [0.3, 0.4) is 0 Å². The lowest BCUT2D eigenvalue weighted by atomic mass is 10.2. The number of pyridine rings is 1. The van der Waals surface area contributed by atoms with Gasteiger partial charge in [-0.25, -0.2) is 4.68 Å². The average Bonchev–Trinajstić information content (AvgIpc) is 2.62. The van der Waals surface area contributed by atoms with Crippen molar-refractivity contribution in [3.8, 4) is 5.69 Å². The number of hydrogen-bond donors (Lipinski definition) is 1. The number of aryl methyl sites for hydroxylation is 1. The molecule has 0 radical (unpaired) electrons. The molecule has 3 rings (SSSR count). The largest absolute Gasteiger partial charge is 0.416 e. The van der Waals surface area contributed by atoms with Gasteiger partial charge in [-0.3, -0.25) is 14.6 Å². The lowest BCUT2D eigenvalue weighted by molar-refractivity contribution is -0.137. The Kier molecular flexibility index (Phi) is 4.76. The second kappa shape index (κ2) is 7.02. The zero-order chi connectivity index (χ0) is 19.6. The van der Waals surface area contributed by atoms with Gasteiger partial charge in [0.2, 0.25) is 5.43 Å². The van der Waals surface area contributed by atoms with Crippen LogP contribution in [0.5, 0.6) is 0 Å². The first-order valence-corrected chi connectivity index (χ1v) is 7.76. The molecule has 3 aromatic rings. The molecule has 2 heterocycles. The van der Waals surface area contributed by atoms with Gasteiger partial charge in [0.25, 0.3) is 5.91 Å². The minimum atomic E-state index is -4.52. The van der Waals surface area contributed by atoms with Crippen LogP contribution in [0.4, 0.5) is 18.9 Å². The number of rotatable bonds is 3. The summed E-state index contributed by atoms with van der Waals surface area (Å²) in [7, 11) is 0. The Hall–Kier alpha value is -3.49. The van der Waals surface area contributed by atoms with Gasteiger partial charge < -0.3 is 5.32 Å². The van der Waals surface area contributed by atoms with Crippen LogP contribution in [-0.2, 0) is 6.18 Å². The van der Waals surface area contributed by atoms with Crippen LogP contribution >= 0.6 is 0 Å². The second-order valence-corrected chi connectivity index (χ2v) is 5.65. The SMILES string of the molecule is Cc1cc(=O)c(C(=O)Nc2cccnc2)nn1-c1cccc(C(F)(F)F)c1. The third-order valence-corrected chi connectivity index (χ3v) is 3.66. The van der Waals surface area contributed by atoms with E-state index in [1.807, 2.05) is 0 Å². The van der Waals surface area contributed by atoms with Gasteiger partial charge in [0.15, 0.2) is 5.69 Å². The van der Waals surface area contributed by atoms with Gasteiger partial charge in [0, 0.05) is 18.0 Å². The van der Waals surface area contributed by atoms with Crippen molar-refractivity contribution in [2.24, 2.45) is 0 Å². The molecule has 2 aromatic heterocycles. The Morgan fingerprint density at radius 2 is 1.93 bits per heavy atom. The summed E-state index contributed by atoms with van der Waals surface area (Å²) in [6.07, 6.45) is -1.62. The Morgan fingerprint density at radius 3 is 2.59 bits per heavy atom. The van der Waals surface area contributed by atoms with Crippen molar-refractivity contribution in [2.75, 3.05) is 5.32 Å². The molecule has 0 saturated heterocycles. The topological polar surface area (TPSA) is 76.9 Å². The molecule has 0 unspecified atom stereocenters. The van der Waals surface area contributed by atoms with Crippen LogP contribution in [0, 0.1) is 6.92 Å². The number of halogens is 3. The fourth-order valence-corrected chi connectivity index (χ4v) is 2.41. The molecule has 0 aliphatic rings. The van der Waals surface area contributed by atoms with Crippen molar-refractivity contribution < 1.29 is 18.0 Å². The van der Waals surface area contributed by atoms with E-state index in [9.17, 15) is 22.8 Å². The van der Waals surface area contributed by atoms with Crippen molar-refractivity contribution in [3.63, 3.8) is 0 Å². The number of aromatic nitrogens is 3. The molecule has 27 heavy (non-hydrogen) atoms. The fraction of sp³-hybridized carbons (Fsp3) is 0.111. The third-order valence-electron chi connectivity index (χ3n) is 3.66. The molecule has 0 aliphatic heterocycles. The number of carbonyl (C=O) groups excluding carboxylic acids is 1. The van der Waals surface area contributed by atoms with Crippen molar-refractivity contribution in [3.05, 3.63) is 82.0 Å². The van der Waals surface area contributed by atoms with Gasteiger partial charge in [-0.2, -0.15) is 18.3 Å². The highest BCUT2D eigenvalue weighted by Gasteiger charge is 2.30. The molecule has 9 heteroatoms. The highest BCUT2D eigenvalue weighted by molar-refractivity contribution is 6.02. The van der Waals surface area contributed by atoms with E-state index in [1.165, 1.54) is 31.5 Å². The smallest absolute Gasteiger partial charge is 0.319 e. The second-order valence-electron chi connectivity index (χ2n) is 5.65. The van der Waals surface area contributed by atoms with E-state index in [0.717, 1.165) is 22.9 Å². The van der Waals surface area contributed by atoms with Gasteiger partial charge in [-0.1, -0.05) is 6.07 Å². The summed E-state index contributed by atoms with van der Waals surface area (Å²) in [6.45, 7) is 1.51. The molecular weight excluding hydrogens is 361 g/mol. The number of hydrogen-bond acceptors (Lipinski definition) is 4. The monoisotopic (exact) mass is 374 g/mol. The molecule has 6 nitrogen and oxygen atoms in total. The zero-order valence-electron chi connectivity index (χ0n) is 14.0. The molecule has 0 bridgehead atoms. The fourth-order valence-electron chi connectivity index (χ4n) is 2.41. The van der Waals surface area contributed by atoms with Crippen molar-refractivity contribution in [1.29, 1.82) is 0 Å². The summed E-state index contributed by atoms with van der Waals surface area (Å²) in [5, 5.41) is 6.44. The van der Waals surface area contributed by atoms with Crippen LogP contribution < -0.4 is 10.7 Å². The molecule has 0 aliphatic carbocycles. The minimum absolute atomic E-state index is 0.0813. The Balaban J connectivity index is 2.02. The summed E-state index contributed by atoms with van der Waals surface area (Å²) in [5.74, 6) is -0.784. The van der Waals surface area contributed by atoms with Crippen molar-refractivity contribution in [2.45, 2.75) is 13.1 Å². The summed E-state index contributed by atoms with van der Waals surface area (Å²) in [4.78, 5) is 28.4. The van der Waals surface area contributed by atoms with Crippen LogP contribution in [-0.4, -0.2) is 20.7 Å². The first kappa shape index (κ1) is 18.3. The summed E-state index contributed by atoms with van der Waals surface area (Å²) in [6, 6.07) is 8.77. The first-order valence-electron chi connectivity index (χ1n) is 7.76. The highest BCUT2D eigenvalue weighted by atomic mass is 19.4. The van der Waals surface area contributed by atoms with Gasteiger partial charge in [-0.15, -0.1) is 0 Å². The Morgan fingerprint density at radius 1 is 1.15 bits per heavy atom. The number of nitrogens with zero attached hydrogens (tertiary/aromatic N) is 3. The van der Waals surface area contributed by atoms with Gasteiger partial charge in [0.05, 0.1) is 23.1 Å². The number of benzene rings is 1. The lowest BCUT2D eigenvalue weighted by Crippen LogP contribution is -2.27. The minimum Gasteiger partial charge on any atom is -0.319 e. The molecule has 138 valence electrons. The number of amides is 1. The number of nitrogens with one attached hydrogen (secondary N) is 1. The number of anilines is 1. The van der Waals surface area contributed by atoms with Crippen LogP contribution in [0.25, 0.3) is 5.69 Å². The summed E-state index contributed by atoms with van der Waals surface area (Å²) in [5.41, 5.74) is -1.22. The lowest BCUT2D eigenvalue weighted by Gasteiger charge is -2.13. The molecule has 0 atom stereocenters. The predicted molar refractivity (Wildman–Crippen MR) is 91.8 cm³/mol. The van der Waals surface area contributed by atoms with E-state index < -0.39 is 28.8 Å². The molecule has 0 fully saturated rings. The van der Waals surface area contributed by atoms with Gasteiger partial charge in [-0.05, 0) is 37.3 Å². The molecule has 1 aromatic carbocycles. The maximum Gasteiger partial charge on any atom is 0.416 e. The van der Waals surface area contributed by atoms with Crippen molar-refractivity contribution >= 4 is 11.6 Å². The van der Waals surface area contributed by atoms with E-state index in [1.54, 1.807) is 12.1 Å². The van der Waals surface area contributed by atoms with Crippen LogP contribution in [0.2, 0.25) is 0 Å². The zero-order valence-corrected chi connectivity index (χ0v) is 14.0. The van der Waals surface area contributed by atoms with Crippen LogP contribution in [0.1, 0.15) is 21.7 Å². The van der Waals surface area contributed by atoms with E-state index in [4.69, 9.17) is 0 Å².